The molecule has 0 aliphatic heterocycles. The number of hydrogen-bond acceptors (Lipinski definition) is 0. The zero-order chi connectivity index (χ0) is 8.20. The van der Waals surface area contributed by atoms with Gasteiger partial charge in [-0.25, -0.2) is 0 Å². The average Bonchev–Trinajstić information content (AvgIpc) is 1.81. The summed E-state index contributed by atoms with van der Waals surface area (Å²) < 4.78 is -0.108. The first kappa shape index (κ1) is 11.2. The topological polar surface area (TPSA) is 0 Å². The van der Waals surface area contributed by atoms with Gasteiger partial charge in [-0.2, -0.15) is 0 Å². The van der Waals surface area contributed by atoms with E-state index < -0.39 is 0 Å². The van der Waals surface area contributed by atoms with Gasteiger partial charge in [0.25, 0.3) is 0 Å². The van der Waals surface area contributed by atoms with E-state index in [-0.39, 0.29) is 2.14 Å². The lowest BCUT2D eigenvalue weighted by Gasteiger charge is -2.08. The van der Waals surface area contributed by atoms with E-state index in [1.165, 1.54) is 5.57 Å². The van der Waals surface area contributed by atoms with E-state index in [2.05, 4.69) is 67.7 Å². The standard InChI is InChI=1S/C7H11Br3/c1-3-6(2)4-5-7(8,9)10/h4H,3,5H2,1-2H3. The molecule has 0 aromatic carbocycles. The Hall–Kier alpha value is 1.18. The molecule has 0 saturated carbocycles. The number of hydrogen-bond donors (Lipinski definition) is 0. The summed E-state index contributed by atoms with van der Waals surface area (Å²) >= 11 is 10.3. The smallest absolute Gasteiger partial charge is 0.0825 e. The highest BCUT2D eigenvalue weighted by atomic mass is 80.0. The highest BCUT2D eigenvalue weighted by Gasteiger charge is 2.14. The van der Waals surface area contributed by atoms with Crippen LogP contribution in [0, 0.1) is 0 Å². The van der Waals surface area contributed by atoms with Crippen LogP contribution in [0.15, 0.2) is 11.6 Å². The van der Waals surface area contributed by atoms with Crippen molar-refractivity contribution in [2.75, 3.05) is 0 Å². The summed E-state index contributed by atoms with van der Waals surface area (Å²) in [6.07, 6.45) is 4.29. The lowest BCUT2D eigenvalue weighted by atomic mass is 10.2. The average molecular weight is 335 g/mol. The first-order chi connectivity index (χ1) is 4.45. The predicted octanol–water partition coefficient (Wildman–Crippen LogP) is 4.57. The van der Waals surface area contributed by atoms with Crippen LogP contribution in [-0.4, -0.2) is 2.14 Å². The van der Waals surface area contributed by atoms with Crippen LogP contribution in [0.2, 0.25) is 0 Å². The third-order valence-corrected chi connectivity index (χ3v) is 2.21. The van der Waals surface area contributed by atoms with E-state index in [0.29, 0.717) is 0 Å². The van der Waals surface area contributed by atoms with Crippen molar-refractivity contribution in [1.29, 1.82) is 0 Å². The molecule has 0 spiro atoms. The van der Waals surface area contributed by atoms with Crippen LogP contribution in [-0.2, 0) is 0 Å². The predicted molar refractivity (Wildman–Crippen MR) is 58.2 cm³/mol. The highest BCUT2D eigenvalue weighted by molar-refractivity contribution is 9.39. The Labute approximate surface area is 87.8 Å². The summed E-state index contributed by atoms with van der Waals surface area (Å²) in [7, 11) is 0. The fraction of sp³-hybridized carbons (Fsp3) is 0.714. The second-order valence-electron chi connectivity index (χ2n) is 2.22. The van der Waals surface area contributed by atoms with Crippen molar-refractivity contribution in [2.24, 2.45) is 0 Å². The molecular weight excluding hydrogens is 324 g/mol. The number of allylic oxidation sites excluding steroid dienone is 2. The van der Waals surface area contributed by atoms with Crippen molar-refractivity contribution in [1.82, 2.24) is 0 Å². The van der Waals surface area contributed by atoms with Gasteiger partial charge in [-0.05, 0) is 13.3 Å². The van der Waals surface area contributed by atoms with Crippen LogP contribution < -0.4 is 0 Å². The lowest BCUT2D eigenvalue weighted by molar-refractivity contribution is 1.05. The van der Waals surface area contributed by atoms with E-state index in [4.69, 9.17) is 0 Å². The molecule has 0 N–H and O–H groups in total. The summed E-state index contributed by atoms with van der Waals surface area (Å²) in [5, 5.41) is 0. The molecule has 10 heavy (non-hydrogen) atoms. The van der Waals surface area contributed by atoms with E-state index in [1.54, 1.807) is 0 Å². The number of halogens is 3. The molecule has 0 atom stereocenters. The molecule has 0 bridgehead atoms. The maximum absolute atomic E-state index is 3.42. The molecular formula is C7H11Br3. The zero-order valence-corrected chi connectivity index (χ0v) is 10.9. The van der Waals surface area contributed by atoms with Crippen LogP contribution in [0.5, 0.6) is 0 Å². The summed E-state index contributed by atoms with van der Waals surface area (Å²) in [5.41, 5.74) is 1.42. The minimum absolute atomic E-state index is 0.108. The fourth-order valence-electron chi connectivity index (χ4n) is 0.434. The first-order valence-electron chi connectivity index (χ1n) is 3.18. The Morgan fingerprint density at radius 3 is 2.20 bits per heavy atom. The molecule has 0 saturated heterocycles. The van der Waals surface area contributed by atoms with E-state index in [0.717, 1.165) is 12.8 Å². The molecule has 0 aliphatic rings. The van der Waals surface area contributed by atoms with Gasteiger partial charge < -0.3 is 0 Å². The molecule has 0 heterocycles. The first-order valence-corrected chi connectivity index (χ1v) is 5.56. The Morgan fingerprint density at radius 2 is 1.90 bits per heavy atom. The normalized spacial score (nSPS) is 13.9. The Balaban J connectivity index is 3.73. The molecule has 0 unspecified atom stereocenters. The molecule has 0 aliphatic carbocycles. The van der Waals surface area contributed by atoms with Crippen LogP contribution in [0.3, 0.4) is 0 Å². The Kier molecular flexibility index (Phi) is 5.52. The number of rotatable bonds is 2. The van der Waals surface area contributed by atoms with E-state index in [9.17, 15) is 0 Å². The SMILES string of the molecule is CCC(C)=CCC(Br)(Br)Br. The third kappa shape index (κ3) is 7.29. The van der Waals surface area contributed by atoms with Crippen molar-refractivity contribution in [3.63, 3.8) is 0 Å². The summed E-state index contributed by atoms with van der Waals surface area (Å²) in [5.74, 6) is 0. The molecule has 0 amide bonds. The summed E-state index contributed by atoms with van der Waals surface area (Å²) in [6.45, 7) is 4.29. The minimum Gasteiger partial charge on any atom is -0.0825 e. The van der Waals surface area contributed by atoms with Crippen molar-refractivity contribution in [3.05, 3.63) is 11.6 Å². The summed E-state index contributed by atoms with van der Waals surface area (Å²) in [6, 6.07) is 0. The van der Waals surface area contributed by atoms with Gasteiger partial charge in [-0.3, -0.25) is 0 Å². The van der Waals surface area contributed by atoms with Crippen LogP contribution in [0.1, 0.15) is 26.7 Å². The van der Waals surface area contributed by atoms with Gasteiger partial charge in [-0.15, -0.1) is 0 Å². The van der Waals surface area contributed by atoms with Gasteiger partial charge >= 0.3 is 0 Å². The summed E-state index contributed by atoms with van der Waals surface area (Å²) in [4.78, 5) is 0. The second kappa shape index (κ2) is 4.94. The van der Waals surface area contributed by atoms with Crippen molar-refractivity contribution in [3.8, 4) is 0 Å². The van der Waals surface area contributed by atoms with Gasteiger partial charge in [0.05, 0.1) is 0 Å². The largest absolute Gasteiger partial charge is 0.138 e. The van der Waals surface area contributed by atoms with Crippen LogP contribution in [0.4, 0.5) is 0 Å². The zero-order valence-electron chi connectivity index (χ0n) is 6.13. The van der Waals surface area contributed by atoms with Gasteiger partial charge in [0.2, 0.25) is 0 Å². The van der Waals surface area contributed by atoms with E-state index >= 15 is 0 Å². The van der Waals surface area contributed by atoms with E-state index in [1.807, 2.05) is 0 Å². The molecule has 0 fully saturated rings. The Morgan fingerprint density at radius 1 is 1.40 bits per heavy atom. The van der Waals surface area contributed by atoms with Gasteiger partial charge in [0, 0.05) is 6.42 Å². The minimum atomic E-state index is -0.108. The van der Waals surface area contributed by atoms with Gasteiger partial charge in [0.15, 0.2) is 0 Å². The Bertz CT molecular complexity index is 121. The second-order valence-corrected chi connectivity index (χ2v) is 9.48. The molecule has 0 rings (SSSR count). The van der Waals surface area contributed by atoms with Crippen LogP contribution >= 0.6 is 47.8 Å². The molecule has 0 radical (unpaired) electrons. The van der Waals surface area contributed by atoms with Crippen LogP contribution in [0.25, 0.3) is 0 Å². The maximum Gasteiger partial charge on any atom is 0.138 e. The quantitative estimate of drug-likeness (QED) is 0.512. The molecule has 3 heteroatoms. The number of alkyl halides is 3. The highest BCUT2D eigenvalue weighted by Crippen LogP contribution is 2.37. The van der Waals surface area contributed by atoms with Crippen molar-refractivity contribution >= 4 is 47.8 Å². The molecule has 60 valence electrons. The molecule has 0 nitrogen and oxygen atoms in total. The van der Waals surface area contributed by atoms with Crippen molar-refractivity contribution < 1.29 is 0 Å². The van der Waals surface area contributed by atoms with Gasteiger partial charge in [-0.1, -0.05) is 66.4 Å². The molecule has 0 aromatic rings. The monoisotopic (exact) mass is 332 g/mol. The fourth-order valence-corrected chi connectivity index (χ4v) is 0.920. The maximum atomic E-state index is 3.42. The third-order valence-electron chi connectivity index (χ3n) is 1.24. The molecule has 0 aromatic heterocycles. The van der Waals surface area contributed by atoms with Crippen molar-refractivity contribution in [2.45, 2.75) is 28.8 Å². The lowest BCUT2D eigenvalue weighted by Crippen LogP contribution is -1.95. The van der Waals surface area contributed by atoms with Gasteiger partial charge in [0.1, 0.15) is 2.14 Å².